The van der Waals surface area contributed by atoms with Gasteiger partial charge in [0.15, 0.2) is 0 Å². The van der Waals surface area contributed by atoms with Gasteiger partial charge in [0.1, 0.15) is 11.5 Å². The number of hydrogen-bond acceptors (Lipinski definition) is 4. The maximum absolute atomic E-state index is 12.1. The lowest BCUT2D eigenvalue weighted by Crippen LogP contribution is -2.19. The van der Waals surface area contributed by atoms with Gasteiger partial charge < -0.3 is 10.2 Å². The molecule has 0 fully saturated rings. The van der Waals surface area contributed by atoms with E-state index in [1.807, 2.05) is 6.92 Å². The summed E-state index contributed by atoms with van der Waals surface area (Å²) in [5, 5.41) is 24.9. The van der Waals surface area contributed by atoms with Crippen LogP contribution in [-0.2, 0) is 0 Å². The fourth-order valence-electron chi connectivity index (χ4n) is 2.32. The van der Waals surface area contributed by atoms with Gasteiger partial charge in [-0.15, -0.1) is 0 Å². The zero-order valence-corrected chi connectivity index (χ0v) is 12.9. The smallest absolute Gasteiger partial charge is 0.275 e. The van der Waals surface area contributed by atoms with E-state index in [-0.39, 0.29) is 17.1 Å². The number of carbonyl (C=O) groups is 1. The van der Waals surface area contributed by atoms with Gasteiger partial charge in [-0.2, -0.15) is 5.10 Å². The van der Waals surface area contributed by atoms with E-state index in [0.29, 0.717) is 16.7 Å². The number of carbonyl (C=O) groups excluding carboxylic acids is 1. The minimum Gasteiger partial charge on any atom is -0.507 e. The molecule has 0 saturated heterocycles. The summed E-state index contributed by atoms with van der Waals surface area (Å²) in [6.45, 7) is 5.99. The normalized spacial score (nSPS) is 11.9. The Labute approximate surface area is 129 Å². The van der Waals surface area contributed by atoms with Crippen molar-refractivity contribution in [3.05, 3.63) is 35.9 Å². The van der Waals surface area contributed by atoms with Crippen LogP contribution in [0.3, 0.4) is 0 Å². The average Bonchev–Trinajstić information content (AvgIpc) is 2.44. The summed E-state index contributed by atoms with van der Waals surface area (Å²) < 4.78 is 0. The van der Waals surface area contributed by atoms with Gasteiger partial charge in [0.25, 0.3) is 5.91 Å². The highest BCUT2D eigenvalue weighted by atomic mass is 16.3. The topological polar surface area (TPSA) is 81.9 Å². The third-order valence-electron chi connectivity index (χ3n) is 3.27. The number of nitrogens with zero attached hydrogens (tertiary/aromatic N) is 1. The summed E-state index contributed by atoms with van der Waals surface area (Å²) >= 11 is 0. The second-order valence-corrected chi connectivity index (χ2v) is 5.75. The highest BCUT2D eigenvalue weighted by Crippen LogP contribution is 2.30. The average molecular weight is 300 g/mol. The maximum Gasteiger partial charge on any atom is 0.275 e. The molecule has 0 aliphatic heterocycles. The van der Waals surface area contributed by atoms with E-state index in [0.717, 1.165) is 12.1 Å². The van der Waals surface area contributed by atoms with Crippen molar-refractivity contribution in [2.24, 2.45) is 11.0 Å². The fraction of sp³-hybridized carbons (Fsp3) is 0.294. The number of fused-ring (bicyclic) bond motifs is 1. The molecule has 116 valence electrons. The third-order valence-corrected chi connectivity index (χ3v) is 3.27. The van der Waals surface area contributed by atoms with E-state index < -0.39 is 5.91 Å². The summed E-state index contributed by atoms with van der Waals surface area (Å²) in [5.41, 5.74) is 3.40. The number of hydrazone groups is 1. The van der Waals surface area contributed by atoms with Gasteiger partial charge >= 0.3 is 0 Å². The van der Waals surface area contributed by atoms with Crippen LogP contribution in [0.4, 0.5) is 0 Å². The summed E-state index contributed by atoms with van der Waals surface area (Å²) in [6.07, 6.45) is 0.790. The van der Waals surface area contributed by atoms with Gasteiger partial charge in [-0.3, -0.25) is 4.79 Å². The van der Waals surface area contributed by atoms with Gasteiger partial charge in [0.05, 0.1) is 5.56 Å². The number of benzene rings is 2. The Balaban J connectivity index is 2.27. The van der Waals surface area contributed by atoms with Crippen LogP contribution in [0.1, 0.15) is 37.6 Å². The van der Waals surface area contributed by atoms with E-state index in [4.69, 9.17) is 0 Å². The van der Waals surface area contributed by atoms with Gasteiger partial charge in [-0.05, 0) is 42.8 Å². The lowest BCUT2D eigenvalue weighted by Gasteiger charge is -2.08. The highest BCUT2D eigenvalue weighted by Gasteiger charge is 2.13. The van der Waals surface area contributed by atoms with Crippen molar-refractivity contribution in [1.29, 1.82) is 0 Å². The Bertz CT molecular complexity index is 736. The highest BCUT2D eigenvalue weighted by molar-refractivity contribution is 6.03. The van der Waals surface area contributed by atoms with Crippen molar-refractivity contribution in [2.75, 3.05) is 0 Å². The summed E-state index contributed by atoms with van der Waals surface area (Å²) in [5.74, 6) is -0.155. The lowest BCUT2D eigenvalue weighted by molar-refractivity contribution is 0.0952. The predicted octanol–water partition coefficient (Wildman–Crippen LogP) is 3.40. The number of hydrogen-bond donors (Lipinski definition) is 3. The Hall–Kier alpha value is -2.56. The second-order valence-electron chi connectivity index (χ2n) is 5.75. The number of aromatic hydroxyl groups is 2. The first-order chi connectivity index (χ1) is 10.4. The van der Waals surface area contributed by atoms with Crippen LogP contribution in [0.5, 0.6) is 11.5 Å². The first kappa shape index (κ1) is 15.8. The molecule has 3 N–H and O–H groups in total. The molecule has 0 aliphatic rings. The van der Waals surface area contributed by atoms with Crippen LogP contribution in [-0.4, -0.2) is 21.8 Å². The van der Waals surface area contributed by atoms with Crippen LogP contribution in [0.25, 0.3) is 10.8 Å². The Kier molecular flexibility index (Phi) is 4.65. The molecular formula is C17H20N2O3. The van der Waals surface area contributed by atoms with E-state index in [1.54, 1.807) is 12.1 Å². The second kappa shape index (κ2) is 6.47. The predicted molar refractivity (Wildman–Crippen MR) is 87.3 cm³/mol. The summed E-state index contributed by atoms with van der Waals surface area (Å²) in [4.78, 5) is 12.1. The first-order valence-electron chi connectivity index (χ1n) is 7.16. The molecule has 0 atom stereocenters. The molecule has 0 unspecified atom stereocenters. The lowest BCUT2D eigenvalue weighted by atomic mass is 10.0. The minimum absolute atomic E-state index is 0.0607. The van der Waals surface area contributed by atoms with Crippen LogP contribution < -0.4 is 5.43 Å². The van der Waals surface area contributed by atoms with Crippen LogP contribution >= 0.6 is 0 Å². The van der Waals surface area contributed by atoms with Gasteiger partial charge in [0, 0.05) is 11.1 Å². The standard InChI is InChI=1S/C17H20N2O3/c1-10(2)7-11(3)18-19-17(22)14-8-12-5-4-6-15(20)13(12)9-16(14)21/h4-6,8-10,20-21H,7H2,1-3H3,(H,19,22). The maximum atomic E-state index is 12.1. The SMILES string of the molecule is CC(CC(C)C)=NNC(=O)c1cc2cccc(O)c2cc1O. The van der Waals surface area contributed by atoms with E-state index in [1.165, 1.54) is 18.2 Å². The van der Waals surface area contributed by atoms with Crippen LogP contribution in [0.2, 0.25) is 0 Å². The van der Waals surface area contributed by atoms with Gasteiger partial charge in [-0.25, -0.2) is 5.43 Å². The van der Waals surface area contributed by atoms with Crippen molar-refractivity contribution in [1.82, 2.24) is 5.43 Å². The molecule has 0 spiro atoms. The van der Waals surface area contributed by atoms with Crippen molar-refractivity contribution in [3.63, 3.8) is 0 Å². The van der Waals surface area contributed by atoms with Gasteiger partial charge in [-0.1, -0.05) is 26.0 Å². The third kappa shape index (κ3) is 3.55. The molecule has 22 heavy (non-hydrogen) atoms. The van der Waals surface area contributed by atoms with Gasteiger partial charge in [0.2, 0.25) is 0 Å². The van der Waals surface area contributed by atoms with E-state index in [9.17, 15) is 15.0 Å². The zero-order chi connectivity index (χ0) is 16.3. The van der Waals surface area contributed by atoms with E-state index in [2.05, 4.69) is 24.4 Å². The summed E-state index contributed by atoms with van der Waals surface area (Å²) in [7, 11) is 0. The minimum atomic E-state index is -0.481. The molecule has 5 nitrogen and oxygen atoms in total. The molecule has 2 aromatic rings. The summed E-state index contributed by atoms with van der Waals surface area (Å²) in [6, 6.07) is 7.89. The fourth-order valence-corrected chi connectivity index (χ4v) is 2.32. The molecule has 0 heterocycles. The largest absolute Gasteiger partial charge is 0.507 e. The number of amides is 1. The van der Waals surface area contributed by atoms with Crippen molar-refractivity contribution < 1.29 is 15.0 Å². The molecule has 0 saturated carbocycles. The Morgan fingerprint density at radius 3 is 2.64 bits per heavy atom. The molecule has 5 heteroatoms. The number of nitrogens with one attached hydrogen (secondary N) is 1. The molecular weight excluding hydrogens is 280 g/mol. The monoisotopic (exact) mass is 300 g/mol. The molecule has 0 radical (unpaired) electrons. The van der Waals surface area contributed by atoms with Crippen molar-refractivity contribution in [3.8, 4) is 11.5 Å². The van der Waals surface area contributed by atoms with E-state index >= 15 is 0 Å². The molecule has 2 aromatic carbocycles. The molecule has 0 aliphatic carbocycles. The van der Waals surface area contributed by atoms with Crippen molar-refractivity contribution >= 4 is 22.4 Å². The molecule has 0 bridgehead atoms. The Morgan fingerprint density at radius 1 is 1.23 bits per heavy atom. The first-order valence-corrected chi connectivity index (χ1v) is 7.16. The quantitative estimate of drug-likeness (QED) is 0.598. The van der Waals surface area contributed by atoms with Crippen LogP contribution in [0.15, 0.2) is 35.4 Å². The Morgan fingerprint density at radius 2 is 1.95 bits per heavy atom. The van der Waals surface area contributed by atoms with Crippen LogP contribution in [0, 0.1) is 5.92 Å². The number of phenols is 2. The molecule has 2 rings (SSSR count). The number of phenolic OH excluding ortho intramolecular Hbond substituents is 2. The zero-order valence-electron chi connectivity index (χ0n) is 12.9. The molecule has 1 amide bonds. The van der Waals surface area contributed by atoms with Crippen molar-refractivity contribution in [2.45, 2.75) is 27.2 Å². The molecule has 0 aromatic heterocycles. The number of rotatable bonds is 4.